The Balaban J connectivity index is 1.05. The molecule has 1 spiro atoms. The fourth-order valence-electron chi connectivity index (χ4n) is 13.3. The summed E-state index contributed by atoms with van der Waals surface area (Å²) < 4.78 is 2.61. The van der Waals surface area contributed by atoms with E-state index in [2.05, 4.69) is 289 Å². The Bertz CT molecular complexity index is 4490. The van der Waals surface area contributed by atoms with Gasteiger partial charge in [0.15, 0.2) is 0 Å². The quantitative estimate of drug-likeness (QED) is 0.170. The highest BCUT2D eigenvalue weighted by atomic mass is 32.1. The molecular weight excluding hydrogens is 937 g/mol. The van der Waals surface area contributed by atoms with Crippen LogP contribution in [-0.4, -0.2) is 0 Å². The second kappa shape index (κ2) is 16.7. The van der Waals surface area contributed by atoms with Crippen LogP contribution in [0.2, 0.25) is 0 Å². The molecule has 12 aromatic carbocycles. The average Bonchev–Trinajstić information content (AvgIpc) is 4.01. The third-order valence-corrected chi connectivity index (χ3v) is 17.5. The van der Waals surface area contributed by atoms with Crippen molar-refractivity contribution in [1.82, 2.24) is 0 Å². The molecule has 354 valence electrons. The summed E-state index contributed by atoms with van der Waals surface area (Å²) in [6.45, 7) is 0. The van der Waals surface area contributed by atoms with Crippen molar-refractivity contribution < 1.29 is 0 Å². The zero-order valence-corrected chi connectivity index (χ0v) is 42.2. The van der Waals surface area contributed by atoms with E-state index >= 15 is 0 Å². The van der Waals surface area contributed by atoms with Crippen molar-refractivity contribution in [2.24, 2.45) is 0 Å². The van der Waals surface area contributed by atoms with Crippen LogP contribution >= 0.6 is 11.3 Å². The van der Waals surface area contributed by atoms with E-state index in [4.69, 9.17) is 0 Å². The third-order valence-electron chi connectivity index (χ3n) is 16.4. The highest BCUT2D eigenvalue weighted by Crippen LogP contribution is 2.64. The number of thiophene rings is 1. The van der Waals surface area contributed by atoms with Crippen LogP contribution in [0.1, 0.15) is 22.3 Å². The van der Waals surface area contributed by atoms with E-state index in [0.717, 1.165) is 45.3 Å². The van der Waals surface area contributed by atoms with Crippen molar-refractivity contribution in [3.05, 3.63) is 301 Å². The monoisotopic (exact) mass is 982 g/mol. The first kappa shape index (κ1) is 42.9. The molecule has 1 aromatic heterocycles. The van der Waals surface area contributed by atoms with Crippen LogP contribution in [0.4, 0.5) is 34.1 Å². The zero-order valence-electron chi connectivity index (χ0n) is 41.4. The van der Waals surface area contributed by atoms with E-state index < -0.39 is 5.41 Å². The maximum Gasteiger partial charge on any atom is 0.0781 e. The summed E-state index contributed by atoms with van der Waals surface area (Å²) in [4.78, 5) is 5.05. The fourth-order valence-corrected chi connectivity index (χ4v) is 14.4. The van der Waals surface area contributed by atoms with Crippen LogP contribution in [0, 0.1) is 0 Å². The molecule has 0 saturated carbocycles. The van der Waals surface area contributed by atoms with Crippen LogP contribution in [0.25, 0.3) is 86.9 Å². The second-order valence-electron chi connectivity index (χ2n) is 20.3. The lowest BCUT2D eigenvalue weighted by atomic mass is 9.65. The van der Waals surface area contributed by atoms with Gasteiger partial charge in [0.2, 0.25) is 0 Å². The molecule has 0 N–H and O–H groups in total. The number of rotatable bonds is 5. The summed E-state index contributed by atoms with van der Waals surface area (Å²) in [5.41, 5.74) is 25.6. The van der Waals surface area contributed by atoms with E-state index in [9.17, 15) is 0 Å². The topological polar surface area (TPSA) is 6.48 Å². The first-order valence-electron chi connectivity index (χ1n) is 26.2. The number of hydrogen-bond acceptors (Lipinski definition) is 3. The van der Waals surface area contributed by atoms with Crippen LogP contribution in [0.15, 0.2) is 279 Å². The van der Waals surface area contributed by atoms with Gasteiger partial charge in [-0.05, 0) is 145 Å². The number of benzene rings is 12. The van der Waals surface area contributed by atoms with Gasteiger partial charge in [-0.15, -0.1) is 11.3 Å². The minimum absolute atomic E-state index is 0.698. The lowest BCUT2D eigenvalue weighted by Gasteiger charge is -2.37. The van der Waals surface area contributed by atoms with E-state index in [0.29, 0.717) is 0 Å². The first-order valence-corrected chi connectivity index (χ1v) is 27.1. The van der Waals surface area contributed by atoms with Gasteiger partial charge >= 0.3 is 0 Å². The molecule has 1 unspecified atom stereocenters. The summed E-state index contributed by atoms with van der Waals surface area (Å²) in [5, 5.41) is 2.62. The number of anilines is 6. The van der Waals surface area contributed by atoms with E-state index in [1.807, 2.05) is 11.3 Å². The number of fused-ring (bicyclic) bond motifs is 20. The molecule has 2 aliphatic carbocycles. The molecule has 2 nitrogen and oxygen atoms in total. The van der Waals surface area contributed by atoms with Crippen molar-refractivity contribution in [3.8, 4) is 66.8 Å². The second-order valence-corrected chi connectivity index (χ2v) is 21.4. The number of para-hydroxylation sites is 3. The van der Waals surface area contributed by atoms with Gasteiger partial charge in [0.25, 0.3) is 0 Å². The van der Waals surface area contributed by atoms with Crippen molar-refractivity contribution in [3.63, 3.8) is 0 Å². The minimum Gasteiger partial charge on any atom is -0.308 e. The molecule has 3 aliphatic rings. The van der Waals surface area contributed by atoms with Crippen molar-refractivity contribution in [1.29, 1.82) is 0 Å². The molecule has 3 heteroatoms. The third kappa shape index (κ3) is 6.15. The Kier molecular flexibility index (Phi) is 9.45. The van der Waals surface area contributed by atoms with Crippen LogP contribution in [0.5, 0.6) is 0 Å². The molecule has 0 amide bonds. The summed E-state index contributed by atoms with van der Waals surface area (Å²) in [6.07, 6.45) is 0. The molecule has 0 saturated heterocycles. The summed E-state index contributed by atoms with van der Waals surface area (Å²) in [5.74, 6) is 0. The molecule has 13 aromatic rings. The molecule has 76 heavy (non-hydrogen) atoms. The standard InChI is InChI=1S/C73H46N2S/c1-3-21-47(22-4-1)48-23-19-26-50(43-48)74(69-39-20-35-61-55-30-10-9-29-54(55)59-33-13-17-38-68(59)75(72(61)69)49-24-5-2-6-25-49)51-41-42-58-53-28-8-7-27-52(53)56-31-11-15-36-64(56)73(66(58)44-51)65-37-16-12-32-57(65)62-45-63-60-34-14-18-40-70(60)76-71(63)46-67(62)73/h1-46H. The summed E-state index contributed by atoms with van der Waals surface area (Å²) in [6, 6.07) is 105. The maximum atomic E-state index is 2.56. The van der Waals surface area contributed by atoms with Crippen molar-refractivity contribution in [2.75, 3.05) is 9.80 Å². The molecule has 1 aliphatic heterocycles. The SMILES string of the molecule is c1ccc(-c2cccc(N(c3ccc4c(c3)C3(c5ccccc5-c5ccccc5-4)c4ccccc4-c4cc5c(cc43)sc3ccccc35)c3cccc4c3N(c3ccccc3)c3ccccc3-c3ccccc3-4)c2)cc1. The molecule has 0 bridgehead atoms. The van der Waals surface area contributed by atoms with E-state index in [1.165, 1.54) is 98.1 Å². The maximum absolute atomic E-state index is 2.56. The molecule has 1 atom stereocenters. The number of hydrogen-bond donors (Lipinski definition) is 0. The Labute approximate surface area is 446 Å². The molecule has 16 rings (SSSR count). The molecule has 2 heterocycles. The van der Waals surface area contributed by atoms with Gasteiger partial charge in [-0.2, -0.15) is 0 Å². The predicted molar refractivity (Wildman–Crippen MR) is 320 cm³/mol. The lowest BCUT2D eigenvalue weighted by Crippen LogP contribution is -2.29. The highest BCUT2D eigenvalue weighted by molar-refractivity contribution is 7.25. The lowest BCUT2D eigenvalue weighted by molar-refractivity contribution is 0.776. The van der Waals surface area contributed by atoms with Crippen LogP contribution in [-0.2, 0) is 5.41 Å². The van der Waals surface area contributed by atoms with Gasteiger partial charge in [-0.1, -0.05) is 212 Å². The van der Waals surface area contributed by atoms with Gasteiger partial charge in [-0.3, -0.25) is 0 Å². The smallest absolute Gasteiger partial charge is 0.0781 e. The van der Waals surface area contributed by atoms with E-state index in [1.54, 1.807) is 0 Å². The summed E-state index contributed by atoms with van der Waals surface area (Å²) in [7, 11) is 0. The van der Waals surface area contributed by atoms with Gasteiger partial charge < -0.3 is 9.80 Å². The fraction of sp³-hybridized carbons (Fsp3) is 0.0137. The Morgan fingerprint density at radius 2 is 0.829 bits per heavy atom. The van der Waals surface area contributed by atoms with Crippen LogP contribution < -0.4 is 9.80 Å². The zero-order chi connectivity index (χ0) is 49.9. The normalized spacial score (nSPS) is 14.3. The van der Waals surface area contributed by atoms with Gasteiger partial charge in [-0.25, -0.2) is 0 Å². The van der Waals surface area contributed by atoms with Crippen molar-refractivity contribution >= 4 is 65.6 Å². The predicted octanol–water partition coefficient (Wildman–Crippen LogP) is 20.3. The van der Waals surface area contributed by atoms with Gasteiger partial charge in [0, 0.05) is 48.4 Å². The largest absolute Gasteiger partial charge is 0.308 e. The Hall–Kier alpha value is -9.54. The van der Waals surface area contributed by atoms with E-state index in [-0.39, 0.29) is 0 Å². The average molecular weight is 983 g/mol. The molecule has 0 fully saturated rings. The van der Waals surface area contributed by atoms with Gasteiger partial charge in [0.1, 0.15) is 0 Å². The Morgan fingerprint density at radius 3 is 1.58 bits per heavy atom. The van der Waals surface area contributed by atoms with Crippen LogP contribution in [0.3, 0.4) is 0 Å². The Morgan fingerprint density at radius 1 is 0.303 bits per heavy atom. The first-order chi connectivity index (χ1) is 37.7. The minimum atomic E-state index is -0.698. The van der Waals surface area contributed by atoms with Gasteiger partial charge in [0.05, 0.1) is 22.5 Å². The summed E-state index contributed by atoms with van der Waals surface area (Å²) >= 11 is 1.90. The van der Waals surface area contributed by atoms with Crippen molar-refractivity contribution in [2.45, 2.75) is 5.41 Å². The number of nitrogens with zero attached hydrogens (tertiary/aromatic N) is 2. The molecule has 0 radical (unpaired) electrons. The molecular formula is C73H46N2S. The highest BCUT2D eigenvalue weighted by Gasteiger charge is 2.50.